The SMILES string of the molecule is NC(CS(=O)c1ccccc1F)c1ccccc1. The zero-order chi connectivity index (χ0) is 13.0. The lowest BCUT2D eigenvalue weighted by atomic mass is 10.1. The molecule has 0 aliphatic heterocycles. The van der Waals surface area contributed by atoms with Crippen molar-refractivity contribution in [3.05, 3.63) is 66.0 Å². The predicted octanol–water partition coefficient (Wildman–Crippen LogP) is 2.63. The highest BCUT2D eigenvalue weighted by atomic mass is 32.2. The fourth-order valence-electron chi connectivity index (χ4n) is 1.68. The molecule has 2 nitrogen and oxygen atoms in total. The van der Waals surface area contributed by atoms with Gasteiger partial charge in [0, 0.05) is 11.8 Å². The monoisotopic (exact) mass is 263 g/mol. The van der Waals surface area contributed by atoms with Gasteiger partial charge in [0.2, 0.25) is 0 Å². The van der Waals surface area contributed by atoms with Crippen LogP contribution in [0, 0.1) is 5.82 Å². The van der Waals surface area contributed by atoms with Crippen LogP contribution in [-0.2, 0) is 10.8 Å². The molecule has 0 saturated carbocycles. The summed E-state index contributed by atoms with van der Waals surface area (Å²) in [6, 6.07) is 15.1. The van der Waals surface area contributed by atoms with Crippen molar-refractivity contribution in [3.63, 3.8) is 0 Å². The van der Waals surface area contributed by atoms with E-state index in [-0.39, 0.29) is 16.7 Å². The zero-order valence-electron chi connectivity index (χ0n) is 9.75. The van der Waals surface area contributed by atoms with Gasteiger partial charge in [-0.25, -0.2) is 4.39 Å². The molecule has 2 unspecified atom stereocenters. The minimum Gasteiger partial charge on any atom is -0.323 e. The molecule has 2 aromatic carbocycles. The van der Waals surface area contributed by atoms with E-state index in [9.17, 15) is 8.60 Å². The maximum absolute atomic E-state index is 13.5. The fraction of sp³-hybridized carbons (Fsp3) is 0.143. The van der Waals surface area contributed by atoms with E-state index in [0.29, 0.717) is 0 Å². The van der Waals surface area contributed by atoms with Gasteiger partial charge in [0.15, 0.2) is 0 Å². The van der Waals surface area contributed by atoms with Crippen LogP contribution in [0.3, 0.4) is 0 Å². The van der Waals surface area contributed by atoms with E-state index in [4.69, 9.17) is 5.73 Å². The summed E-state index contributed by atoms with van der Waals surface area (Å²) in [5.41, 5.74) is 6.87. The number of hydrogen-bond acceptors (Lipinski definition) is 2. The molecule has 0 amide bonds. The van der Waals surface area contributed by atoms with Crippen molar-refractivity contribution in [2.75, 3.05) is 5.75 Å². The molecule has 4 heteroatoms. The predicted molar refractivity (Wildman–Crippen MR) is 71.0 cm³/mol. The van der Waals surface area contributed by atoms with E-state index < -0.39 is 16.6 Å². The maximum atomic E-state index is 13.5. The molecule has 0 saturated heterocycles. The molecule has 0 heterocycles. The van der Waals surface area contributed by atoms with Crippen molar-refractivity contribution in [1.82, 2.24) is 0 Å². The second-order valence-electron chi connectivity index (χ2n) is 3.96. The molecule has 0 spiro atoms. The van der Waals surface area contributed by atoms with E-state index in [1.165, 1.54) is 12.1 Å². The summed E-state index contributed by atoms with van der Waals surface area (Å²) in [5.74, 6) is -0.235. The highest BCUT2D eigenvalue weighted by Crippen LogP contribution is 2.17. The van der Waals surface area contributed by atoms with Crippen LogP contribution >= 0.6 is 0 Å². The first-order valence-electron chi connectivity index (χ1n) is 5.62. The third-order valence-corrected chi connectivity index (χ3v) is 4.12. The van der Waals surface area contributed by atoms with Crippen molar-refractivity contribution in [1.29, 1.82) is 0 Å². The molecule has 0 bridgehead atoms. The van der Waals surface area contributed by atoms with Gasteiger partial charge in [0.25, 0.3) is 0 Å². The Bertz CT molecular complexity index is 545. The quantitative estimate of drug-likeness (QED) is 0.921. The summed E-state index contributed by atoms with van der Waals surface area (Å²) >= 11 is 0. The lowest BCUT2D eigenvalue weighted by Gasteiger charge is -2.11. The van der Waals surface area contributed by atoms with Crippen molar-refractivity contribution < 1.29 is 8.60 Å². The topological polar surface area (TPSA) is 43.1 Å². The summed E-state index contributed by atoms with van der Waals surface area (Å²) in [7, 11) is -1.43. The molecule has 0 aliphatic rings. The minimum atomic E-state index is -1.43. The third kappa shape index (κ3) is 3.03. The molecule has 0 aromatic heterocycles. The summed E-state index contributed by atoms with van der Waals surface area (Å²) in [4.78, 5) is 0.212. The lowest BCUT2D eigenvalue weighted by Crippen LogP contribution is -2.18. The Morgan fingerprint density at radius 3 is 2.33 bits per heavy atom. The summed E-state index contributed by atoms with van der Waals surface area (Å²) in [6.45, 7) is 0. The van der Waals surface area contributed by atoms with Crippen LogP contribution in [-0.4, -0.2) is 9.96 Å². The van der Waals surface area contributed by atoms with Crippen LogP contribution < -0.4 is 5.73 Å². The van der Waals surface area contributed by atoms with Crippen LogP contribution in [0.1, 0.15) is 11.6 Å². The molecule has 0 aliphatic carbocycles. The van der Waals surface area contributed by atoms with Crippen LogP contribution in [0.5, 0.6) is 0 Å². The molecule has 94 valence electrons. The lowest BCUT2D eigenvalue weighted by molar-refractivity contribution is 0.594. The number of rotatable bonds is 4. The van der Waals surface area contributed by atoms with Crippen molar-refractivity contribution in [2.24, 2.45) is 5.73 Å². The second-order valence-corrected chi connectivity index (χ2v) is 5.42. The van der Waals surface area contributed by atoms with Gasteiger partial charge in [-0.2, -0.15) is 0 Å². The van der Waals surface area contributed by atoms with E-state index in [1.807, 2.05) is 30.3 Å². The van der Waals surface area contributed by atoms with Gasteiger partial charge in [0.1, 0.15) is 5.82 Å². The summed E-state index contributed by atoms with van der Waals surface area (Å²) in [6.07, 6.45) is 0. The number of hydrogen-bond donors (Lipinski definition) is 1. The minimum absolute atomic E-state index is 0.212. The summed E-state index contributed by atoms with van der Waals surface area (Å²) in [5, 5.41) is 0. The van der Waals surface area contributed by atoms with Crippen LogP contribution in [0.2, 0.25) is 0 Å². The van der Waals surface area contributed by atoms with E-state index in [2.05, 4.69) is 0 Å². The van der Waals surface area contributed by atoms with Crippen molar-refractivity contribution in [2.45, 2.75) is 10.9 Å². The van der Waals surface area contributed by atoms with Crippen LogP contribution in [0.15, 0.2) is 59.5 Å². The molecule has 18 heavy (non-hydrogen) atoms. The Balaban J connectivity index is 2.11. The Labute approximate surface area is 108 Å². The van der Waals surface area contributed by atoms with Crippen molar-refractivity contribution in [3.8, 4) is 0 Å². The average Bonchev–Trinajstić information content (AvgIpc) is 2.40. The van der Waals surface area contributed by atoms with Crippen LogP contribution in [0.25, 0.3) is 0 Å². The zero-order valence-corrected chi connectivity index (χ0v) is 10.6. The van der Waals surface area contributed by atoms with E-state index >= 15 is 0 Å². The Morgan fingerprint density at radius 2 is 1.67 bits per heavy atom. The molecule has 2 atom stereocenters. The molecule has 2 aromatic rings. The molecule has 0 radical (unpaired) electrons. The Morgan fingerprint density at radius 1 is 1.06 bits per heavy atom. The Hall–Kier alpha value is -1.52. The highest BCUT2D eigenvalue weighted by Gasteiger charge is 2.14. The van der Waals surface area contributed by atoms with Gasteiger partial charge in [-0.15, -0.1) is 0 Å². The van der Waals surface area contributed by atoms with E-state index in [0.717, 1.165) is 5.56 Å². The molecule has 2 rings (SSSR count). The Kier molecular flexibility index (Phi) is 4.23. The van der Waals surface area contributed by atoms with Gasteiger partial charge >= 0.3 is 0 Å². The van der Waals surface area contributed by atoms with Crippen molar-refractivity contribution >= 4 is 10.8 Å². The normalized spacial score (nSPS) is 14.1. The first-order chi connectivity index (χ1) is 8.68. The van der Waals surface area contributed by atoms with Gasteiger partial charge in [0.05, 0.1) is 15.7 Å². The second kappa shape index (κ2) is 5.89. The largest absolute Gasteiger partial charge is 0.323 e. The average molecular weight is 263 g/mol. The van der Waals surface area contributed by atoms with Gasteiger partial charge < -0.3 is 5.73 Å². The number of halogens is 1. The van der Waals surface area contributed by atoms with E-state index in [1.54, 1.807) is 12.1 Å². The number of nitrogens with two attached hydrogens (primary N) is 1. The number of benzene rings is 2. The summed E-state index contributed by atoms with van der Waals surface area (Å²) < 4.78 is 25.5. The third-order valence-electron chi connectivity index (χ3n) is 2.64. The first-order valence-corrected chi connectivity index (χ1v) is 6.94. The molecular formula is C14H14FNOS. The first kappa shape index (κ1) is 12.9. The fourth-order valence-corrected chi connectivity index (χ4v) is 2.89. The van der Waals surface area contributed by atoms with Crippen LogP contribution in [0.4, 0.5) is 4.39 Å². The molecule has 2 N–H and O–H groups in total. The highest BCUT2D eigenvalue weighted by molar-refractivity contribution is 7.85. The standard InChI is InChI=1S/C14H14FNOS/c15-12-8-4-5-9-14(12)18(17)10-13(16)11-6-2-1-3-7-11/h1-9,13H,10,16H2. The van der Waals surface area contributed by atoms with Gasteiger partial charge in [-0.1, -0.05) is 42.5 Å². The maximum Gasteiger partial charge on any atom is 0.139 e. The van der Waals surface area contributed by atoms with Gasteiger partial charge in [-0.05, 0) is 17.7 Å². The molecular weight excluding hydrogens is 249 g/mol. The molecule has 0 fully saturated rings. The smallest absolute Gasteiger partial charge is 0.139 e. The van der Waals surface area contributed by atoms with Gasteiger partial charge in [-0.3, -0.25) is 4.21 Å².